The van der Waals surface area contributed by atoms with Crippen molar-refractivity contribution in [2.45, 2.75) is 4.90 Å². The molecule has 0 aromatic heterocycles. The lowest BCUT2D eigenvalue weighted by atomic mass is 10.2. The Bertz CT molecular complexity index is 898. The van der Waals surface area contributed by atoms with Crippen LogP contribution < -0.4 is 10.2 Å². The number of amides is 1. The molecule has 0 spiro atoms. The number of carbonyl (C=O) groups excluding carboxylic acids is 1. The van der Waals surface area contributed by atoms with Gasteiger partial charge in [0.25, 0.3) is 5.91 Å². The van der Waals surface area contributed by atoms with E-state index in [0.717, 1.165) is 14.3 Å². The topological polar surface area (TPSA) is 88.1 Å². The Labute approximate surface area is 160 Å². The summed E-state index contributed by atoms with van der Waals surface area (Å²) in [7, 11) is -0.862. The summed E-state index contributed by atoms with van der Waals surface area (Å²) in [6.07, 6.45) is 1.45. The fourth-order valence-corrected chi connectivity index (χ4v) is 3.40. The fraction of sp³-hybridized carbons (Fsp3) is 0.176. The first-order valence-electron chi connectivity index (χ1n) is 7.51. The zero-order chi connectivity index (χ0) is 19.2. The van der Waals surface area contributed by atoms with Crippen LogP contribution in [0.1, 0.15) is 5.56 Å². The lowest BCUT2D eigenvalue weighted by molar-refractivity contribution is -0.121. The molecule has 0 saturated heterocycles. The van der Waals surface area contributed by atoms with Crippen molar-refractivity contribution in [2.75, 3.05) is 20.7 Å². The Morgan fingerprint density at radius 2 is 1.96 bits per heavy atom. The molecule has 1 amide bonds. The van der Waals surface area contributed by atoms with Gasteiger partial charge in [-0.3, -0.25) is 4.79 Å². The maximum atomic E-state index is 12.4. The highest BCUT2D eigenvalue weighted by molar-refractivity contribution is 9.10. The minimum atomic E-state index is -3.75. The third kappa shape index (κ3) is 5.38. The van der Waals surface area contributed by atoms with Crippen molar-refractivity contribution in [1.82, 2.24) is 9.73 Å². The molecule has 7 nitrogen and oxygen atoms in total. The molecule has 138 valence electrons. The second-order valence-corrected chi connectivity index (χ2v) is 8.25. The first-order valence-corrected chi connectivity index (χ1v) is 9.74. The van der Waals surface area contributed by atoms with Crippen LogP contribution in [0, 0.1) is 0 Å². The van der Waals surface area contributed by atoms with Gasteiger partial charge in [0.2, 0.25) is 10.0 Å². The zero-order valence-corrected chi connectivity index (χ0v) is 16.6. The van der Waals surface area contributed by atoms with Crippen LogP contribution >= 0.6 is 15.9 Å². The van der Waals surface area contributed by atoms with Gasteiger partial charge in [-0.2, -0.15) is 9.41 Å². The number of nitrogens with one attached hydrogen (secondary N) is 1. The molecule has 0 radical (unpaired) electrons. The number of hydrogen-bond donors (Lipinski definition) is 1. The van der Waals surface area contributed by atoms with E-state index in [9.17, 15) is 13.2 Å². The van der Waals surface area contributed by atoms with Crippen LogP contribution in [0.25, 0.3) is 0 Å². The average Bonchev–Trinajstić information content (AvgIpc) is 2.62. The Kier molecular flexibility index (Phi) is 6.90. The van der Waals surface area contributed by atoms with Crippen LogP contribution in [-0.4, -0.2) is 45.5 Å². The molecule has 2 aromatic rings. The minimum Gasteiger partial charge on any atom is -0.497 e. The summed E-state index contributed by atoms with van der Waals surface area (Å²) < 4.78 is 31.7. The van der Waals surface area contributed by atoms with Crippen molar-refractivity contribution < 1.29 is 17.9 Å². The molecule has 0 unspecified atom stereocenters. The summed E-state index contributed by atoms with van der Waals surface area (Å²) in [5.41, 5.74) is 3.04. The van der Waals surface area contributed by atoms with Crippen molar-refractivity contribution in [1.29, 1.82) is 0 Å². The van der Waals surface area contributed by atoms with Crippen molar-refractivity contribution in [2.24, 2.45) is 5.10 Å². The zero-order valence-electron chi connectivity index (χ0n) is 14.2. The predicted molar refractivity (Wildman–Crippen MR) is 103 cm³/mol. The monoisotopic (exact) mass is 439 g/mol. The van der Waals surface area contributed by atoms with Gasteiger partial charge in [-0.15, -0.1) is 0 Å². The van der Waals surface area contributed by atoms with Gasteiger partial charge >= 0.3 is 0 Å². The van der Waals surface area contributed by atoms with Crippen molar-refractivity contribution in [3.63, 3.8) is 0 Å². The van der Waals surface area contributed by atoms with E-state index in [2.05, 4.69) is 26.5 Å². The van der Waals surface area contributed by atoms with Crippen LogP contribution in [0.15, 0.2) is 63.0 Å². The molecule has 0 bridgehead atoms. The summed E-state index contributed by atoms with van der Waals surface area (Å²) >= 11 is 3.25. The molecule has 2 aromatic carbocycles. The third-order valence-electron chi connectivity index (χ3n) is 3.38. The van der Waals surface area contributed by atoms with Gasteiger partial charge in [0.05, 0.1) is 24.8 Å². The molecule has 0 aliphatic heterocycles. The molecule has 0 heterocycles. The van der Waals surface area contributed by atoms with Crippen molar-refractivity contribution >= 4 is 38.1 Å². The summed E-state index contributed by atoms with van der Waals surface area (Å²) in [6, 6.07) is 13.3. The summed E-state index contributed by atoms with van der Waals surface area (Å²) in [5.74, 6) is 0.118. The van der Waals surface area contributed by atoms with E-state index in [0.29, 0.717) is 5.75 Å². The third-order valence-corrected chi connectivity index (χ3v) is 5.73. The molecule has 9 heteroatoms. The second-order valence-electron chi connectivity index (χ2n) is 5.28. The first kappa shape index (κ1) is 20.1. The molecule has 0 aliphatic carbocycles. The number of sulfonamides is 1. The van der Waals surface area contributed by atoms with E-state index >= 15 is 0 Å². The first-order chi connectivity index (χ1) is 12.3. The van der Waals surface area contributed by atoms with Crippen molar-refractivity contribution in [3.05, 3.63) is 58.6 Å². The SMILES string of the molecule is COc1cccc(/C=N\NC(=O)CN(C)S(=O)(=O)c2ccc(Br)cc2)c1. The van der Waals surface area contributed by atoms with E-state index < -0.39 is 15.9 Å². The maximum absolute atomic E-state index is 12.4. The quantitative estimate of drug-likeness (QED) is 0.529. The number of halogens is 1. The van der Waals surface area contributed by atoms with E-state index in [4.69, 9.17) is 4.74 Å². The summed E-state index contributed by atoms with van der Waals surface area (Å²) in [6.45, 7) is -0.353. The molecular formula is C17H18BrN3O4S. The normalized spacial score (nSPS) is 11.7. The largest absolute Gasteiger partial charge is 0.497 e. The van der Waals surface area contributed by atoms with Crippen LogP contribution in [0.5, 0.6) is 5.75 Å². The summed E-state index contributed by atoms with van der Waals surface area (Å²) in [5, 5.41) is 3.83. The van der Waals surface area contributed by atoms with Gasteiger partial charge in [-0.25, -0.2) is 13.8 Å². The Morgan fingerprint density at radius 3 is 2.62 bits per heavy atom. The molecule has 26 heavy (non-hydrogen) atoms. The minimum absolute atomic E-state index is 0.107. The Hall–Kier alpha value is -2.23. The number of ether oxygens (including phenoxy) is 1. The van der Waals surface area contributed by atoms with Gasteiger partial charge in [0.1, 0.15) is 5.75 Å². The lowest BCUT2D eigenvalue weighted by Crippen LogP contribution is -2.36. The molecule has 2 rings (SSSR count). The number of benzene rings is 2. The number of carbonyl (C=O) groups is 1. The van der Waals surface area contributed by atoms with E-state index in [1.54, 1.807) is 43.5 Å². The predicted octanol–water partition coefficient (Wildman–Crippen LogP) is 2.23. The van der Waals surface area contributed by atoms with Gasteiger partial charge in [-0.05, 0) is 42.0 Å². The van der Waals surface area contributed by atoms with Gasteiger partial charge in [0, 0.05) is 11.5 Å². The molecule has 1 N–H and O–H groups in total. The van der Waals surface area contributed by atoms with Crippen LogP contribution in [-0.2, 0) is 14.8 Å². The van der Waals surface area contributed by atoms with Gasteiger partial charge in [-0.1, -0.05) is 28.1 Å². The van der Waals surface area contributed by atoms with E-state index in [1.165, 1.54) is 25.4 Å². The number of hydrogen-bond acceptors (Lipinski definition) is 5. The molecule has 0 aliphatic rings. The lowest BCUT2D eigenvalue weighted by Gasteiger charge is -2.16. The van der Waals surface area contributed by atoms with Crippen LogP contribution in [0.3, 0.4) is 0 Å². The second kappa shape index (κ2) is 8.93. The van der Waals surface area contributed by atoms with E-state index in [-0.39, 0.29) is 11.4 Å². The number of hydrazone groups is 1. The molecule has 0 atom stereocenters. The van der Waals surface area contributed by atoms with E-state index in [1.807, 2.05) is 0 Å². The molecule has 0 saturated carbocycles. The molecule has 0 fully saturated rings. The van der Waals surface area contributed by atoms with Crippen LogP contribution in [0.2, 0.25) is 0 Å². The van der Waals surface area contributed by atoms with Crippen LogP contribution in [0.4, 0.5) is 0 Å². The summed E-state index contributed by atoms with van der Waals surface area (Å²) in [4.78, 5) is 12.0. The Morgan fingerprint density at radius 1 is 1.27 bits per heavy atom. The van der Waals surface area contributed by atoms with Gasteiger partial charge in [0.15, 0.2) is 0 Å². The maximum Gasteiger partial charge on any atom is 0.255 e. The average molecular weight is 440 g/mol. The van der Waals surface area contributed by atoms with Crippen molar-refractivity contribution in [3.8, 4) is 5.75 Å². The number of likely N-dealkylation sites (N-methyl/N-ethyl adjacent to an activating group) is 1. The molecular weight excluding hydrogens is 422 g/mol. The highest BCUT2D eigenvalue weighted by atomic mass is 79.9. The smallest absolute Gasteiger partial charge is 0.255 e. The number of rotatable bonds is 7. The highest BCUT2D eigenvalue weighted by Gasteiger charge is 2.22. The van der Waals surface area contributed by atoms with Gasteiger partial charge < -0.3 is 4.74 Å². The fourth-order valence-electron chi connectivity index (χ4n) is 2.01. The standard InChI is InChI=1S/C17H18BrN3O4S/c1-21(26(23,24)16-8-6-14(18)7-9-16)12-17(22)20-19-11-13-4-3-5-15(10-13)25-2/h3-11H,12H2,1-2H3,(H,20,22)/b19-11-. The highest BCUT2D eigenvalue weighted by Crippen LogP contribution is 2.17. The number of nitrogens with zero attached hydrogens (tertiary/aromatic N) is 2. The number of methoxy groups -OCH3 is 1. The Balaban J connectivity index is 1.96.